The van der Waals surface area contributed by atoms with Crippen molar-refractivity contribution in [3.8, 4) is 11.3 Å². The normalized spacial score (nSPS) is 15.7. The van der Waals surface area contributed by atoms with E-state index in [1.165, 1.54) is 43.4 Å². The van der Waals surface area contributed by atoms with Crippen molar-refractivity contribution >= 4 is 33.3 Å². The smallest absolute Gasteiger partial charge is 0.417 e. The van der Waals surface area contributed by atoms with E-state index in [1.54, 1.807) is 12.1 Å². The van der Waals surface area contributed by atoms with E-state index in [-0.39, 0.29) is 28.1 Å². The number of carbonyl (C=O) groups is 1. The maximum atomic E-state index is 14.3. The largest absolute Gasteiger partial charge is 0.423 e. The van der Waals surface area contributed by atoms with Crippen molar-refractivity contribution in [2.45, 2.75) is 115 Å². The van der Waals surface area contributed by atoms with Crippen LogP contribution in [0.5, 0.6) is 0 Å². The van der Waals surface area contributed by atoms with Gasteiger partial charge in [0.15, 0.2) is 5.78 Å². The SMILES string of the molecule is CC1(C)CCc2cc3c(C(F)(F)F)cc(=O)oc3cc2N1CCCCCCCCCCc1ccc(-c2[nH]c3cc(F)cc4c3c2CCCC4=O)cc1. The molecule has 274 valence electrons. The van der Waals surface area contributed by atoms with Crippen LogP contribution >= 0.6 is 0 Å². The highest BCUT2D eigenvalue weighted by Crippen LogP contribution is 2.42. The molecule has 0 bridgehead atoms. The summed E-state index contributed by atoms with van der Waals surface area (Å²) in [5.41, 5.74) is 5.29. The minimum Gasteiger partial charge on any atom is -0.423 e. The highest BCUT2D eigenvalue weighted by molar-refractivity contribution is 6.11. The number of nitrogens with one attached hydrogen (secondary N) is 1. The van der Waals surface area contributed by atoms with Gasteiger partial charge in [0.2, 0.25) is 0 Å². The molecule has 52 heavy (non-hydrogen) atoms. The lowest BCUT2D eigenvalue weighted by Crippen LogP contribution is -2.48. The molecule has 0 saturated heterocycles. The summed E-state index contributed by atoms with van der Waals surface area (Å²) < 4.78 is 60.6. The predicted octanol–water partition coefficient (Wildman–Crippen LogP) is 11.5. The van der Waals surface area contributed by atoms with E-state index in [0.29, 0.717) is 30.0 Å². The number of anilines is 1. The van der Waals surface area contributed by atoms with Crippen LogP contribution < -0.4 is 10.5 Å². The first-order valence-electron chi connectivity index (χ1n) is 18.8. The molecule has 1 N–H and O–H groups in total. The van der Waals surface area contributed by atoms with Crippen molar-refractivity contribution in [3.63, 3.8) is 0 Å². The zero-order valence-corrected chi connectivity index (χ0v) is 30.0. The van der Waals surface area contributed by atoms with Gasteiger partial charge in [-0.3, -0.25) is 4.79 Å². The Morgan fingerprint density at radius 2 is 1.56 bits per heavy atom. The number of halogens is 4. The molecule has 7 rings (SSSR count). The van der Waals surface area contributed by atoms with Crippen molar-refractivity contribution in [3.05, 3.63) is 98.7 Å². The van der Waals surface area contributed by atoms with Crippen molar-refractivity contribution in [1.29, 1.82) is 0 Å². The number of aromatic nitrogens is 1. The summed E-state index contributed by atoms with van der Waals surface area (Å²) >= 11 is 0. The Bertz CT molecular complexity index is 2160. The van der Waals surface area contributed by atoms with Crippen LogP contribution in [0, 0.1) is 5.82 Å². The molecule has 0 fully saturated rings. The fourth-order valence-corrected chi connectivity index (χ4v) is 8.39. The Hall–Kier alpha value is -4.40. The van der Waals surface area contributed by atoms with E-state index in [9.17, 15) is 27.2 Å². The Morgan fingerprint density at radius 3 is 2.29 bits per heavy atom. The summed E-state index contributed by atoms with van der Waals surface area (Å²) in [7, 11) is 0. The third kappa shape index (κ3) is 7.42. The summed E-state index contributed by atoms with van der Waals surface area (Å²) in [6, 6.07) is 15.2. The summed E-state index contributed by atoms with van der Waals surface area (Å²) in [5, 5.41) is 0.822. The number of ketones is 1. The molecule has 0 radical (unpaired) electrons. The topological polar surface area (TPSA) is 66.3 Å². The van der Waals surface area contributed by atoms with E-state index < -0.39 is 17.4 Å². The third-order valence-electron chi connectivity index (χ3n) is 11.2. The maximum absolute atomic E-state index is 14.3. The molecule has 9 heteroatoms. The van der Waals surface area contributed by atoms with Crippen LogP contribution in [-0.4, -0.2) is 22.9 Å². The Kier molecular flexibility index (Phi) is 10.1. The van der Waals surface area contributed by atoms with E-state index in [4.69, 9.17) is 4.42 Å². The van der Waals surface area contributed by atoms with Gasteiger partial charge in [0.1, 0.15) is 11.4 Å². The van der Waals surface area contributed by atoms with Gasteiger partial charge in [-0.05, 0) is 99.2 Å². The maximum Gasteiger partial charge on any atom is 0.417 e. The van der Waals surface area contributed by atoms with Gasteiger partial charge >= 0.3 is 11.8 Å². The van der Waals surface area contributed by atoms with Crippen LogP contribution in [0.25, 0.3) is 33.1 Å². The van der Waals surface area contributed by atoms with E-state index >= 15 is 0 Å². The minimum absolute atomic E-state index is 0.0129. The number of H-pyrrole nitrogens is 1. The average molecular weight is 715 g/mol. The summed E-state index contributed by atoms with van der Waals surface area (Å²) in [4.78, 5) is 30.3. The average Bonchev–Trinajstić information content (AvgIpc) is 3.37. The number of carbonyl (C=O) groups excluding carboxylic acids is 1. The zero-order valence-electron chi connectivity index (χ0n) is 30.0. The number of benzene rings is 3. The van der Waals surface area contributed by atoms with Crippen LogP contribution in [0.4, 0.5) is 23.2 Å². The Morgan fingerprint density at radius 1 is 0.846 bits per heavy atom. The van der Waals surface area contributed by atoms with E-state index in [2.05, 4.69) is 48.0 Å². The van der Waals surface area contributed by atoms with Gasteiger partial charge < -0.3 is 14.3 Å². The quantitative estimate of drug-likeness (QED) is 0.0794. The monoisotopic (exact) mass is 714 g/mol. The van der Waals surface area contributed by atoms with Crippen LogP contribution in [0.2, 0.25) is 0 Å². The summed E-state index contributed by atoms with van der Waals surface area (Å²) in [6.07, 6.45) is 8.99. The lowest BCUT2D eigenvalue weighted by molar-refractivity contribution is -0.136. The van der Waals surface area contributed by atoms with E-state index in [0.717, 1.165) is 91.4 Å². The fourth-order valence-electron chi connectivity index (χ4n) is 8.39. The molecule has 3 heterocycles. The van der Waals surface area contributed by atoms with Crippen LogP contribution in [0.1, 0.15) is 117 Å². The molecule has 3 aromatic carbocycles. The van der Waals surface area contributed by atoms with Gasteiger partial charge in [-0.1, -0.05) is 62.8 Å². The van der Waals surface area contributed by atoms with Crippen molar-refractivity contribution in [2.75, 3.05) is 11.4 Å². The lowest BCUT2D eigenvalue weighted by Gasteiger charge is -2.45. The second kappa shape index (κ2) is 14.6. The molecule has 1 aliphatic heterocycles. The molecular weight excluding hydrogens is 668 g/mol. The first-order chi connectivity index (χ1) is 24.9. The lowest BCUT2D eigenvalue weighted by atomic mass is 9.85. The number of nitrogens with zero attached hydrogens (tertiary/aromatic N) is 1. The molecule has 0 saturated carbocycles. The van der Waals surface area contributed by atoms with Crippen LogP contribution in [-0.2, 0) is 25.4 Å². The zero-order chi connectivity index (χ0) is 36.6. The molecular formula is C43H46F4N2O3. The second-order valence-electron chi connectivity index (χ2n) is 15.3. The van der Waals surface area contributed by atoms with Gasteiger partial charge in [-0.2, -0.15) is 13.2 Å². The molecule has 2 aromatic heterocycles. The van der Waals surface area contributed by atoms with E-state index in [1.807, 2.05) is 0 Å². The van der Waals surface area contributed by atoms with Crippen molar-refractivity contribution in [1.82, 2.24) is 4.98 Å². The number of alkyl halides is 3. The van der Waals surface area contributed by atoms with Crippen LogP contribution in [0.15, 0.2) is 63.8 Å². The molecule has 0 spiro atoms. The second-order valence-corrected chi connectivity index (χ2v) is 15.3. The Balaban J connectivity index is 0.857. The van der Waals surface area contributed by atoms with Crippen molar-refractivity contribution in [2.24, 2.45) is 0 Å². The summed E-state index contributed by atoms with van der Waals surface area (Å²) in [5.74, 6) is -0.374. The number of aromatic amines is 1. The third-order valence-corrected chi connectivity index (χ3v) is 11.2. The molecule has 5 nitrogen and oxygen atoms in total. The number of hydrogen-bond donors (Lipinski definition) is 1. The van der Waals surface area contributed by atoms with Gasteiger partial charge in [0.25, 0.3) is 0 Å². The fraction of sp³-hybridized carbons (Fsp3) is 0.442. The van der Waals surface area contributed by atoms with Gasteiger partial charge in [0.05, 0.1) is 5.56 Å². The van der Waals surface area contributed by atoms with Crippen LogP contribution in [0.3, 0.4) is 0 Å². The van der Waals surface area contributed by atoms with Gasteiger partial charge in [-0.15, -0.1) is 0 Å². The van der Waals surface area contributed by atoms with Gasteiger partial charge in [-0.25, -0.2) is 9.18 Å². The summed E-state index contributed by atoms with van der Waals surface area (Å²) in [6.45, 7) is 5.13. The highest BCUT2D eigenvalue weighted by atomic mass is 19.4. The Labute approximate surface area is 301 Å². The minimum atomic E-state index is -4.63. The number of fused-ring (bicyclic) bond motifs is 2. The number of Topliss-reactive ketones (excluding diaryl/α,β-unsaturated/α-hetero) is 1. The number of hydrogen-bond acceptors (Lipinski definition) is 4. The number of rotatable bonds is 12. The molecule has 0 atom stereocenters. The molecule has 1 aliphatic carbocycles. The number of unbranched alkanes of at least 4 members (excludes halogenated alkanes) is 7. The van der Waals surface area contributed by atoms with Gasteiger partial charge in [0, 0.05) is 63.9 Å². The first kappa shape index (κ1) is 36.0. The standard InChI is InChI=1S/C43H46F4N2O3/c1-42(2)20-19-29-22-32-34(43(45,46)47)25-39(51)52-38(32)26-36(29)49(42)21-10-8-6-4-3-5-7-9-12-27-15-17-28(18-16-27)41-31-13-11-14-37(50)33-23-30(44)24-35(48-41)40(31)33/h15-18,22-26,48H,3-14,19-21H2,1-2H3. The molecule has 5 aromatic rings. The van der Waals surface area contributed by atoms with Crippen molar-refractivity contribution < 1.29 is 26.8 Å². The molecule has 2 aliphatic rings. The highest BCUT2D eigenvalue weighted by Gasteiger charge is 2.37. The first-order valence-corrected chi connectivity index (χ1v) is 18.8. The molecule has 0 unspecified atom stereocenters. The predicted molar refractivity (Wildman–Crippen MR) is 199 cm³/mol. The molecule has 0 amide bonds. The number of aryl methyl sites for hydroxylation is 3.